The highest BCUT2D eigenvalue weighted by molar-refractivity contribution is 9.10. The fourth-order valence-electron chi connectivity index (χ4n) is 2.36. The maximum absolute atomic E-state index is 12.8. The molecule has 3 heteroatoms. The van der Waals surface area contributed by atoms with Gasteiger partial charge in [0.05, 0.1) is 0 Å². The Bertz CT molecular complexity index is 773. The topological polar surface area (TPSA) is 17.1 Å². The van der Waals surface area contributed by atoms with Crippen LogP contribution in [0.3, 0.4) is 0 Å². The van der Waals surface area contributed by atoms with Crippen LogP contribution in [-0.4, -0.2) is 5.78 Å². The van der Waals surface area contributed by atoms with Crippen molar-refractivity contribution in [2.24, 2.45) is 0 Å². The largest absolute Gasteiger partial charge is 0.289 e. The average molecular weight is 357 g/mol. The summed E-state index contributed by atoms with van der Waals surface area (Å²) in [5.74, 6) is 0.0644. The lowest BCUT2D eigenvalue weighted by molar-refractivity contribution is 0.103. The molecular weight excluding hydrogens is 344 g/mol. The van der Waals surface area contributed by atoms with Crippen molar-refractivity contribution in [3.05, 3.63) is 81.1 Å². The summed E-state index contributed by atoms with van der Waals surface area (Å²) in [5.41, 5.74) is 3.64. The van der Waals surface area contributed by atoms with Crippen LogP contribution in [0.2, 0.25) is 0 Å². The van der Waals surface area contributed by atoms with Crippen molar-refractivity contribution in [1.29, 1.82) is 0 Å². The number of carbonyl (C=O) groups excluding carboxylic acids is 1. The first-order chi connectivity index (χ1) is 10.2. The van der Waals surface area contributed by atoms with Crippen molar-refractivity contribution in [3.8, 4) is 10.4 Å². The first kappa shape index (κ1) is 14.2. The lowest BCUT2D eigenvalue weighted by Crippen LogP contribution is -2.04. The number of hydrogen-bond donors (Lipinski definition) is 0. The van der Waals surface area contributed by atoms with Gasteiger partial charge >= 0.3 is 0 Å². The molecule has 0 aliphatic rings. The SMILES string of the molecule is Cc1cccc(C(=O)c2ccc(Br)cc2)c1-c1cccs1. The minimum Gasteiger partial charge on any atom is -0.289 e. The molecule has 3 aromatic rings. The molecule has 0 unspecified atom stereocenters. The number of hydrogen-bond acceptors (Lipinski definition) is 2. The third-order valence-electron chi connectivity index (χ3n) is 3.39. The number of thiophene rings is 1. The van der Waals surface area contributed by atoms with E-state index in [0.29, 0.717) is 5.56 Å². The maximum atomic E-state index is 12.8. The van der Waals surface area contributed by atoms with E-state index >= 15 is 0 Å². The highest BCUT2D eigenvalue weighted by atomic mass is 79.9. The van der Waals surface area contributed by atoms with E-state index in [2.05, 4.69) is 22.0 Å². The molecule has 0 aliphatic carbocycles. The third-order valence-corrected chi connectivity index (χ3v) is 4.81. The van der Waals surface area contributed by atoms with E-state index in [1.807, 2.05) is 60.8 Å². The lowest BCUT2D eigenvalue weighted by Gasteiger charge is -2.10. The van der Waals surface area contributed by atoms with Gasteiger partial charge in [0, 0.05) is 26.0 Å². The van der Waals surface area contributed by atoms with Crippen molar-refractivity contribution in [2.75, 3.05) is 0 Å². The maximum Gasteiger partial charge on any atom is 0.193 e. The predicted molar refractivity (Wildman–Crippen MR) is 92.1 cm³/mol. The van der Waals surface area contributed by atoms with E-state index in [-0.39, 0.29) is 5.78 Å². The average Bonchev–Trinajstić information content (AvgIpc) is 3.01. The van der Waals surface area contributed by atoms with E-state index in [0.717, 1.165) is 26.0 Å². The minimum absolute atomic E-state index is 0.0644. The van der Waals surface area contributed by atoms with Crippen LogP contribution in [0.5, 0.6) is 0 Å². The van der Waals surface area contributed by atoms with Crippen molar-refractivity contribution in [2.45, 2.75) is 6.92 Å². The number of aryl methyl sites for hydroxylation is 1. The molecule has 0 fully saturated rings. The number of halogens is 1. The van der Waals surface area contributed by atoms with Gasteiger partial charge in [-0.2, -0.15) is 0 Å². The van der Waals surface area contributed by atoms with Gasteiger partial charge in [0.15, 0.2) is 5.78 Å². The second-order valence-electron chi connectivity index (χ2n) is 4.81. The Morgan fingerprint density at radius 2 is 1.76 bits per heavy atom. The molecule has 0 aliphatic heterocycles. The normalized spacial score (nSPS) is 10.6. The number of carbonyl (C=O) groups is 1. The second-order valence-corrected chi connectivity index (χ2v) is 6.67. The van der Waals surface area contributed by atoms with Gasteiger partial charge in [0.25, 0.3) is 0 Å². The Kier molecular flexibility index (Phi) is 4.04. The standard InChI is InChI=1S/C18H13BrOS/c1-12-4-2-5-15(17(12)16-6-3-11-21-16)18(20)13-7-9-14(19)10-8-13/h2-11H,1H3. The zero-order chi connectivity index (χ0) is 14.8. The monoisotopic (exact) mass is 356 g/mol. The fraction of sp³-hybridized carbons (Fsp3) is 0.0556. The smallest absolute Gasteiger partial charge is 0.193 e. The van der Waals surface area contributed by atoms with E-state index < -0.39 is 0 Å². The Balaban J connectivity index is 2.13. The lowest BCUT2D eigenvalue weighted by atomic mass is 9.94. The van der Waals surface area contributed by atoms with Crippen molar-refractivity contribution < 1.29 is 4.79 Å². The summed E-state index contributed by atoms with van der Waals surface area (Å²) in [6.07, 6.45) is 0. The molecule has 0 amide bonds. The zero-order valence-corrected chi connectivity index (χ0v) is 13.9. The highest BCUT2D eigenvalue weighted by Crippen LogP contribution is 2.32. The molecule has 0 atom stereocenters. The summed E-state index contributed by atoms with van der Waals surface area (Å²) in [7, 11) is 0. The summed E-state index contributed by atoms with van der Waals surface area (Å²) < 4.78 is 0.974. The molecule has 1 aromatic heterocycles. The van der Waals surface area contributed by atoms with Crippen LogP contribution in [-0.2, 0) is 0 Å². The minimum atomic E-state index is 0.0644. The summed E-state index contributed by atoms with van der Waals surface area (Å²) in [4.78, 5) is 13.9. The van der Waals surface area contributed by atoms with Crippen molar-refractivity contribution in [1.82, 2.24) is 0 Å². The van der Waals surface area contributed by atoms with Crippen LogP contribution < -0.4 is 0 Å². The van der Waals surface area contributed by atoms with Gasteiger partial charge in [-0.15, -0.1) is 11.3 Å². The van der Waals surface area contributed by atoms with E-state index in [9.17, 15) is 4.79 Å². The van der Waals surface area contributed by atoms with E-state index in [1.165, 1.54) is 0 Å². The van der Waals surface area contributed by atoms with Gasteiger partial charge in [-0.3, -0.25) is 4.79 Å². The molecule has 0 bridgehead atoms. The van der Waals surface area contributed by atoms with Crippen molar-refractivity contribution in [3.63, 3.8) is 0 Å². The Labute approximate surface area is 136 Å². The van der Waals surface area contributed by atoms with Crippen LogP contribution in [0.4, 0.5) is 0 Å². The molecule has 1 heterocycles. The number of benzene rings is 2. The second kappa shape index (κ2) is 5.96. The molecule has 104 valence electrons. The van der Waals surface area contributed by atoms with Crippen LogP contribution in [0.15, 0.2) is 64.5 Å². The van der Waals surface area contributed by atoms with Crippen molar-refractivity contribution >= 4 is 33.0 Å². The Morgan fingerprint density at radius 1 is 1.00 bits per heavy atom. The summed E-state index contributed by atoms with van der Waals surface area (Å²) >= 11 is 5.06. The van der Waals surface area contributed by atoms with Crippen LogP contribution in [0.25, 0.3) is 10.4 Å². The van der Waals surface area contributed by atoms with E-state index in [4.69, 9.17) is 0 Å². The molecule has 0 spiro atoms. The quantitative estimate of drug-likeness (QED) is 0.548. The fourth-order valence-corrected chi connectivity index (χ4v) is 3.48. The highest BCUT2D eigenvalue weighted by Gasteiger charge is 2.16. The van der Waals surface area contributed by atoms with Gasteiger partial charge < -0.3 is 0 Å². The molecule has 2 aromatic carbocycles. The summed E-state index contributed by atoms with van der Waals surface area (Å²) in [6, 6.07) is 17.5. The van der Waals surface area contributed by atoms with Gasteiger partial charge in [-0.25, -0.2) is 0 Å². The van der Waals surface area contributed by atoms with Gasteiger partial charge in [0.2, 0.25) is 0 Å². The Hall–Kier alpha value is -1.71. The molecule has 0 radical (unpaired) electrons. The number of rotatable bonds is 3. The number of ketones is 1. The van der Waals surface area contributed by atoms with E-state index in [1.54, 1.807) is 11.3 Å². The molecular formula is C18H13BrOS. The molecule has 0 N–H and O–H groups in total. The van der Waals surface area contributed by atoms with Gasteiger partial charge in [0.1, 0.15) is 0 Å². The molecule has 1 nitrogen and oxygen atoms in total. The van der Waals surface area contributed by atoms with Crippen LogP contribution >= 0.6 is 27.3 Å². The van der Waals surface area contributed by atoms with Gasteiger partial charge in [-0.05, 0) is 48.2 Å². The summed E-state index contributed by atoms with van der Waals surface area (Å²) in [5, 5.41) is 2.04. The first-order valence-corrected chi connectivity index (χ1v) is 8.28. The van der Waals surface area contributed by atoms with Crippen LogP contribution in [0, 0.1) is 6.92 Å². The zero-order valence-electron chi connectivity index (χ0n) is 11.5. The molecule has 3 rings (SSSR count). The molecule has 21 heavy (non-hydrogen) atoms. The predicted octanol–water partition coefficient (Wildman–Crippen LogP) is 5.72. The first-order valence-electron chi connectivity index (χ1n) is 6.60. The summed E-state index contributed by atoms with van der Waals surface area (Å²) in [6.45, 7) is 2.05. The van der Waals surface area contributed by atoms with Crippen LogP contribution in [0.1, 0.15) is 21.5 Å². The third kappa shape index (κ3) is 2.85. The molecule has 0 saturated carbocycles. The molecule has 0 saturated heterocycles. The Morgan fingerprint density at radius 3 is 2.43 bits per heavy atom. The van der Waals surface area contributed by atoms with Gasteiger partial charge in [-0.1, -0.05) is 40.2 Å².